The van der Waals surface area contributed by atoms with Crippen LogP contribution in [0.25, 0.3) is 0 Å². The van der Waals surface area contributed by atoms with Gasteiger partial charge in [-0.1, -0.05) is 41.9 Å². The first-order valence-electron chi connectivity index (χ1n) is 10.3. The van der Waals surface area contributed by atoms with Crippen molar-refractivity contribution < 1.29 is 14.3 Å². The first kappa shape index (κ1) is 23.3. The fourth-order valence-electron chi connectivity index (χ4n) is 3.56. The Balaban J connectivity index is 1.76. The Morgan fingerprint density at radius 3 is 2.62 bits per heavy atom. The summed E-state index contributed by atoms with van der Waals surface area (Å²) >= 11 is 6.07. The van der Waals surface area contributed by atoms with Gasteiger partial charge in [-0.2, -0.15) is 0 Å². The van der Waals surface area contributed by atoms with Gasteiger partial charge in [0.05, 0.1) is 12.1 Å². The summed E-state index contributed by atoms with van der Waals surface area (Å²) in [5.74, 6) is -0.168. The van der Waals surface area contributed by atoms with Crippen LogP contribution in [0.1, 0.15) is 32.8 Å². The van der Waals surface area contributed by atoms with E-state index in [2.05, 4.69) is 10.3 Å². The third-order valence-electron chi connectivity index (χ3n) is 5.36. The number of nitrogens with one attached hydrogen (secondary N) is 1. The second kappa shape index (κ2) is 10.8. The minimum atomic E-state index is -0.244. The monoisotopic (exact) mass is 454 g/mol. The van der Waals surface area contributed by atoms with Crippen LogP contribution in [0.2, 0.25) is 5.02 Å². The third-order valence-corrected chi connectivity index (χ3v) is 5.57. The van der Waals surface area contributed by atoms with Crippen LogP contribution in [-0.2, 0) is 13.5 Å². The number of rotatable bonds is 9. The molecule has 2 aromatic heterocycles. The van der Waals surface area contributed by atoms with E-state index in [1.54, 1.807) is 28.6 Å². The third kappa shape index (κ3) is 5.68. The van der Waals surface area contributed by atoms with Gasteiger partial charge in [-0.25, -0.2) is 4.98 Å². The number of hydrogen-bond donors (Lipinski definition) is 1. The molecular formula is C24H27ClN4O3. The highest BCUT2D eigenvalue weighted by molar-refractivity contribution is 6.30. The number of benzene rings is 1. The molecule has 1 unspecified atom stereocenters. The average molecular weight is 455 g/mol. The van der Waals surface area contributed by atoms with Gasteiger partial charge in [-0.15, -0.1) is 0 Å². The molecule has 168 valence electrons. The van der Waals surface area contributed by atoms with Gasteiger partial charge in [0, 0.05) is 39.1 Å². The molecule has 8 heteroatoms. The van der Waals surface area contributed by atoms with E-state index < -0.39 is 0 Å². The molecule has 1 aromatic carbocycles. The number of methoxy groups -OCH3 is 1. The van der Waals surface area contributed by atoms with E-state index in [-0.39, 0.29) is 23.7 Å². The highest BCUT2D eigenvalue weighted by Crippen LogP contribution is 2.23. The Morgan fingerprint density at radius 1 is 1.22 bits per heavy atom. The number of aromatic nitrogens is 2. The molecule has 2 heterocycles. The summed E-state index contributed by atoms with van der Waals surface area (Å²) in [6.07, 6.45) is 4.48. The Labute approximate surface area is 193 Å². The molecular weight excluding hydrogens is 428 g/mol. The number of hydrogen-bond acceptors (Lipinski definition) is 4. The van der Waals surface area contributed by atoms with Crippen LogP contribution in [0.4, 0.5) is 0 Å². The zero-order valence-electron chi connectivity index (χ0n) is 18.4. The van der Waals surface area contributed by atoms with Crippen molar-refractivity contribution in [3.05, 3.63) is 82.8 Å². The largest absolute Gasteiger partial charge is 0.480 e. The predicted molar refractivity (Wildman–Crippen MR) is 124 cm³/mol. The molecule has 0 saturated heterocycles. The van der Waals surface area contributed by atoms with Crippen LogP contribution in [0.3, 0.4) is 0 Å². The lowest BCUT2D eigenvalue weighted by Gasteiger charge is -2.29. The number of halogens is 1. The van der Waals surface area contributed by atoms with Gasteiger partial charge in [0.2, 0.25) is 5.88 Å². The van der Waals surface area contributed by atoms with Crippen molar-refractivity contribution in [2.24, 2.45) is 7.05 Å². The molecule has 1 N–H and O–H groups in total. The second-order valence-corrected chi connectivity index (χ2v) is 7.96. The fraction of sp³-hybridized carbons (Fsp3) is 0.292. The summed E-state index contributed by atoms with van der Waals surface area (Å²) in [5, 5.41) is 3.31. The molecule has 0 aliphatic heterocycles. The molecule has 3 rings (SSSR count). The minimum Gasteiger partial charge on any atom is -0.480 e. The molecule has 32 heavy (non-hydrogen) atoms. The number of aryl methyl sites for hydroxylation is 1. The molecule has 7 nitrogen and oxygen atoms in total. The van der Waals surface area contributed by atoms with Crippen molar-refractivity contribution >= 4 is 23.4 Å². The first-order valence-corrected chi connectivity index (χ1v) is 10.7. The quantitative estimate of drug-likeness (QED) is 0.536. The summed E-state index contributed by atoms with van der Waals surface area (Å²) in [6, 6.07) is 14.9. The van der Waals surface area contributed by atoms with Crippen LogP contribution in [-0.4, -0.2) is 53.0 Å². The Kier molecular flexibility index (Phi) is 7.89. The number of carbonyl (C=O) groups is 2. The lowest BCUT2D eigenvalue weighted by atomic mass is 10.0. The Hall–Kier alpha value is -3.32. The number of ether oxygens (including phenoxy) is 1. The standard InChI is InChI=1S/C24H27ClN4O3/c1-28-13-7-10-21(28)22(30)26-12-11-19(14-17-8-5-4-6-9-17)29(2)24(31)20-15-18(25)16-27-23(20)32-3/h4-10,13,15-16,19H,11-12,14H2,1-3H3,(H,26,30). The van der Waals surface area contributed by atoms with Gasteiger partial charge in [0.25, 0.3) is 11.8 Å². The van der Waals surface area contributed by atoms with Gasteiger partial charge in [-0.05, 0) is 36.6 Å². The van der Waals surface area contributed by atoms with Crippen LogP contribution < -0.4 is 10.1 Å². The van der Waals surface area contributed by atoms with E-state index in [1.165, 1.54) is 13.3 Å². The smallest absolute Gasteiger partial charge is 0.267 e. The van der Waals surface area contributed by atoms with Crippen molar-refractivity contribution in [3.63, 3.8) is 0 Å². The maximum absolute atomic E-state index is 13.3. The highest BCUT2D eigenvalue weighted by atomic mass is 35.5. The van der Waals surface area contributed by atoms with E-state index in [0.29, 0.717) is 35.7 Å². The van der Waals surface area contributed by atoms with Gasteiger partial charge in [0.15, 0.2) is 0 Å². The summed E-state index contributed by atoms with van der Waals surface area (Å²) in [7, 11) is 5.04. The summed E-state index contributed by atoms with van der Waals surface area (Å²) in [6.45, 7) is 0.421. The molecule has 2 amide bonds. The van der Waals surface area contributed by atoms with Gasteiger partial charge in [0.1, 0.15) is 11.3 Å². The second-order valence-electron chi connectivity index (χ2n) is 7.52. The summed E-state index contributed by atoms with van der Waals surface area (Å²) < 4.78 is 7.03. The van der Waals surface area contributed by atoms with E-state index in [4.69, 9.17) is 16.3 Å². The first-order chi connectivity index (χ1) is 15.4. The summed E-state index contributed by atoms with van der Waals surface area (Å²) in [4.78, 5) is 31.5. The number of likely N-dealkylation sites (N-methyl/N-ethyl adjacent to an activating group) is 1. The zero-order valence-corrected chi connectivity index (χ0v) is 19.2. The number of nitrogens with zero attached hydrogens (tertiary/aromatic N) is 3. The predicted octanol–water partition coefficient (Wildman–Crippen LogP) is 3.59. The van der Waals surface area contributed by atoms with Crippen LogP contribution in [0, 0.1) is 0 Å². The van der Waals surface area contributed by atoms with Crippen LogP contribution in [0.15, 0.2) is 60.9 Å². The fourth-order valence-corrected chi connectivity index (χ4v) is 3.72. The Bertz CT molecular complexity index is 1070. The maximum Gasteiger partial charge on any atom is 0.267 e. The normalized spacial score (nSPS) is 11.6. The molecule has 0 aliphatic rings. The van der Waals surface area contributed by atoms with Gasteiger partial charge < -0.3 is 19.5 Å². The number of pyridine rings is 1. The number of carbonyl (C=O) groups excluding carboxylic acids is 2. The van der Waals surface area contributed by atoms with Crippen LogP contribution in [0.5, 0.6) is 5.88 Å². The van der Waals surface area contributed by atoms with E-state index in [0.717, 1.165) is 5.56 Å². The van der Waals surface area contributed by atoms with E-state index in [9.17, 15) is 9.59 Å². The lowest BCUT2D eigenvalue weighted by molar-refractivity contribution is 0.0718. The van der Waals surface area contributed by atoms with Crippen molar-refractivity contribution in [2.75, 3.05) is 20.7 Å². The topological polar surface area (TPSA) is 76.5 Å². The number of amides is 2. The molecule has 0 radical (unpaired) electrons. The van der Waals surface area contributed by atoms with Crippen molar-refractivity contribution in [2.45, 2.75) is 18.9 Å². The van der Waals surface area contributed by atoms with E-state index >= 15 is 0 Å². The van der Waals surface area contributed by atoms with Crippen molar-refractivity contribution in [3.8, 4) is 5.88 Å². The molecule has 0 aliphatic carbocycles. The van der Waals surface area contributed by atoms with Crippen LogP contribution >= 0.6 is 11.6 Å². The molecule has 1 atom stereocenters. The zero-order chi connectivity index (χ0) is 23.1. The molecule has 3 aromatic rings. The molecule has 0 bridgehead atoms. The average Bonchev–Trinajstić information content (AvgIpc) is 3.24. The maximum atomic E-state index is 13.3. The highest BCUT2D eigenvalue weighted by Gasteiger charge is 2.25. The van der Waals surface area contributed by atoms with E-state index in [1.807, 2.05) is 49.6 Å². The van der Waals surface area contributed by atoms with Crippen molar-refractivity contribution in [1.82, 2.24) is 19.8 Å². The Morgan fingerprint density at radius 2 is 1.97 bits per heavy atom. The SMILES string of the molecule is COc1ncc(Cl)cc1C(=O)N(C)C(CCNC(=O)c1cccn1C)Cc1ccccc1. The minimum absolute atomic E-state index is 0.148. The van der Waals surface area contributed by atoms with Gasteiger partial charge >= 0.3 is 0 Å². The molecule has 0 saturated carbocycles. The summed E-state index contributed by atoms with van der Waals surface area (Å²) in [5.41, 5.74) is 1.99. The molecule has 0 spiro atoms. The van der Waals surface area contributed by atoms with Gasteiger partial charge in [-0.3, -0.25) is 9.59 Å². The lowest BCUT2D eigenvalue weighted by Crippen LogP contribution is -2.41. The molecule has 0 fully saturated rings. The van der Waals surface area contributed by atoms with Crippen molar-refractivity contribution in [1.29, 1.82) is 0 Å².